The first-order valence-electron chi connectivity index (χ1n) is 5.65. The summed E-state index contributed by atoms with van der Waals surface area (Å²) in [6.45, 7) is 0.528. The maximum Gasteiger partial charge on any atom is 0.332 e. The number of aromatic nitrogens is 1. The molecule has 0 spiro atoms. The number of benzene rings is 1. The fraction of sp³-hybridized carbons (Fsp3) is 0.333. The minimum atomic E-state index is -1.14. The number of aliphatic carboxylic acids is 1. The third-order valence-corrected chi connectivity index (χ3v) is 3.07. The molecular formula is C12H12N2O4. The van der Waals surface area contributed by atoms with Crippen LogP contribution in [0.25, 0.3) is 11.1 Å². The summed E-state index contributed by atoms with van der Waals surface area (Å²) in [5.74, 6) is -0.956. The molecule has 6 nitrogen and oxygen atoms in total. The lowest BCUT2D eigenvalue weighted by Crippen LogP contribution is -2.47. The van der Waals surface area contributed by atoms with Crippen molar-refractivity contribution in [3.63, 3.8) is 0 Å². The van der Waals surface area contributed by atoms with Gasteiger partial charge in [0, 0.05) is 13.0 Å². The van der Waals surface area contributed by atoms with Crippen LogP contribution < -0.4 is 5.32 Å². The molecule has 2 aromatic rings. The number of carboxylic acid groups (broad SMARTS) is 1. The summed E-state index contributed by atoms with van der Waals surface area (Å²) in [5, 5.41) is 12.1. The fourth-order valence-electron chi connectivity index (χ4n) is 2.02. The van der Waals surface area contributed by atoms with Crippen molar-refractivity contribution in [1.29, 1.82) is 0 Å². The Bertz CT molecular complexity index is 554. The van der Waals surface area contributed by atoms with Gasteiger partial charge in [0.1, 0.15) is 5.52 Å². The Hall–Kier alpha value is -2.08. The Labute approximate surface area is 103 Å². The van der Waals surface area contributed by atoms with Crippen LogP contribution in [0, 0.1) is 0 Å². The molecule has 0 radical (unpaired) electrons. The highest BCUT2D eigenvalue weighted by Crippen LogP contribution is 2.26. The van der Waals surface area contributed by atoms with Crippen molar-refractivity contribution in [2.45, 2.75) is 12.0 Å². The second-order valence-corrected chi connectivity index (χ2v) is 4.30. The summed E-state index contributed by atoms with van der Waals surface area (Å²) in [5.41, 5.74) is 0.180. The van der Waals surface area contributed by atoms with E-state index in [1.165, 1.54) is 0 Å². The normalized spacial score (nSPS) is 23.3. The molecule has 1 fully saturated rings. The summed E-state index contributed by atoms with van der Waals surface area (Å²) < 4.78 is 10.6. The molecule has 94 valence electrons. The van der Waals surface area contributed by atoms with E-state index < -0.39 is 11.5 Å². The lowest BCUT2D eigenvalue weighted by atomic mass is 10.00. The van der Waals surface area contributed by atoms with Crippen molar-refractivity contribution in [2.24, 2.45) is 0 Å². The van der Waals surface area contributed by atoms with Gasteiger partial charge in [-0.3, -0.25) is 0 Å². The van der Waals surface area contributed by atoms with E-state index in [0.29, 0.717) is 24.1 Å². The van der Waals surface area contributed by atoms with Gasteiger partial charge in [0.25, 0.3) is 6.01 Å². The van der Waals surface area contributed by atoms with Crippen molar-refractivity contribution in [3.8, 4) is 0 Å². The van der Waals surface area contributed by atoms with E-state index in [2.05, 4.69) is 10.3 Å². The molecule has 1 unspecified atom stereocenters. The fourth-order valence-corrected chi connectivity index (χ4v) is 2.02. The Balaban J connectivity index is 1.93. The van der Waals surface area contributed by atoms with Crippen molar-refractivity contribution in [3.05, 3.63) is 24.3 Å². The van der Waals surface area contributed by atoms with Crippen LogP contribution >= 0.6 is 0 Å². The van der Waals surface area contributed by atoms with Crippen LogP contribution in [0.2, 0.25) is 0 Å². The minimum absolute atomic E-state index is 0.112. The molecule has 1 aromatic carbocycles. The van der Waals surface area contributed by atoms with Gasteiger partial charge in [-0.15, -0.1) is 0 Å². The van der Waals surface area contributed by atoms with Crippen LogP contribution in [-0.4, -0.2) is 34.8 Å². The van der Waals surface area contributed by atoms with Gasteiger partial charge in [-0.2, -0.15) is 4.98 Å². The Morgan fingerprint density at radius 3 is 2.94 bits per heavy atom. The number of oxazole rings is 1. The number of rotatable bonds is 3. The van der Waals surface area contributed by atoms with E-state index in [1.807, 2.05) is 18.2 Å². The maximum atomic E-state index is 11.3. The number of carboxylic acids is 1. The number of anilines is 1. The zero-order valence-corrected chi connectivity index (χ0v) is 9.55. The number of hydrogen-bond donors (Lipinski definition) is 2. The molecule has 0 amide bonds. The topological polar surface area (TPSA) is 84.6 Å². The van der Waals surface area contributed by atoms with Gasteiger partial charge in [-0.1, -0.05) is 12.1 Å². The van der Waals surface area contributed by atoms with Gasteiger partial charge >= 0.3 is 5.97 Å². The highest BCUT2D eigenvalue weighted by atomic mass is 16.5. The van der Waals surface area contributed by atoms with E-state index in [-0.39, 0.29) is 12.6 Å². The molecule has 2 heterocycles. The van der Waals surface area contributed by atoms with E-state index in [9.17, 15) is 9.90 Å². The number of nitrogens with zero attached hydrogens (tertiary/aromatic N) is 1. The van der Waals surface area contributed by atoms with Gasteiger partial charge in [-0.25, -0.2) is 4.79 Å². The number of fused-ring (bicyclic) bond motifs is 1. The highest BCUT2D eigenvalue weighted by Gasteiger charge is 2.43. The lowest BCUT2D eigenvalue weighted by Gasteiger charge is -2.22. The van der Waals surface area contributed by atoms with Crippen LogP contribution in [0.5, 0.6) is 0 Å². The Morgan fingerprint density at radius 2 is 2.28 bits per heavy atom. The first kappa shape index (κ1) is 11.0. The molecule has 1 aromatic heterocycles. The predicted molar refractivity (Wildman–Crippen MR) is 63.4 cm³/mol. The number of ether oxygens (including phenoxy) is 1. The van der Waals surface area contributed by atoms with Crippen LogP contribution in [-0.2, 0) is 9.53 Å². The smallest absolute Gasteiger partial charge is 0.332 e. The van der Waals surface area contributed by atoms with Crippen LogP contribution in [0.3, 0.4) is 0 Å². The van der Waals surface area contributed by atoms with E-state index in [1.54, 1.807) is 6.07 Å². The van der Waals surface area contributed by atoms with Crippen molar-refractivity contribution in [2.75, 3.05) is 18.5 Å². The average Bonchev–Trinajstić information content (AvgIpc) is 2.95. The summed E-state index contributed by atoms with van der Waals surface area (Å²) >= 11 is 0. The number of hydrogen-bond acceptors (Lipinski definition) is 5. The van der Waals surface area contributed by atoms with Crippen molar-refractivity contribution < 1.29 is 19.1 Å². The molecular weight excluding hydrogens is 236 g/mol. The molecule has 1 aliphatic rings. The van der Waals surface area contributed by atoms with Crippen LogP contribution in [0.15, 0.2) is 28.7 Å². The van der Waals surface area contributed by atoms with Gasteiger partial charge in [0.15, 0.2) is 11.1 Å². The summed E-state index contributed by atoms with van der Waals surface area (Å²) in [6.07, 6.45) is 0.390. The molecule has 6 heteroatoms. The first-order chi connectivity index (χ1) is 8.70. The molecule has 2 N–H and O–H groups in total. The molecule has 0 saturated carbocycles. The standard InChI is InChI=1S/C12H12N2O4/c15-10(16)12(5-6-17-7-12)14-11-13-8-3-1-2-4-9(8)18-11/h1-4H,5-7H2,(H,13,14)(H,15,16). The SMILES string of the molecule is O=C(O)C1(Nc2nc3ccccc3o2)CCOC1. The molecule has 1 atom stereocenters. The number of para-hydroxylation sites is 2. The van der Waals surface area contributed by atoms with Crippen LogP contribution in [0.1, 0.15) is 6.42 Å². The van der Waals surface area contributed by atoms with Gasteiger partial charge in [0.05, 0.1) is 6.61 Å². The third-order valence-electron chi connectivity index (χ3n) is 3.07. The van der Waals surface area contributed by atoms with Crippen molar-refractivity contribution in [1.82, 2.24) is 4.98 Å². The second kappa shape index (κ2) is 3.99. The largest absolute Gasteiger partial charge is 0.479 e. The lowest BCUT2D eigenvalue weighted by molar-refractivity contribution is -0.142. The monoisotopic (exact) mass is 248 g/mol. The Kier molecular flexibility index (Phi) is 2.45. The highest BCUT2D eigenvalue weighted by molar-refractivity contribution is 5.83. The summed E-state index contributed by atoms with van der Waals surface area (Å²) in [6, 6.07) is 7.49. The van der Waals surface area contributed by atoms with Gasteiger partial charge in [-0.05, 0) is 12.1 Å². The summed E-state index contributed by atoms with van der Waals surface area (Å²) in [4.78, 5) is 15.5. The minimum Gasteiger partial charge on any atom is -0.479 e. The third kappa shape index (κ3) is 1.70. The molecule has 1 saturated heterocycles. The summed E-state index contributed by atoms with van der Waals surface area (Å²) in [7, 11) is 0. The zero-order valence-electron chi connectivity index (χ0n) is 9.55. The second-order valence-electron chi connectivity index (χ2n) is 4.30. The zero-order chi connectivity index (χ0) is 12.6. The van der Waals surface area contributed by atoms with Crippen molar-refractivity contribution >= 4 is 23.1 Å². The van der Waals surface area contributed by atoms with Gasteiger partial charge in [0.2, 0.25) is 0 Å². The molecule has 18 heavy (non-hydrogen) atoms. The van der Waals surface area contributed by atoms with Gasteiger partial charge < -0.3 is 19.6 Å². The Morgan fingerprint density at radius 1 is 1.44 bits per heavy atom. The predicted octanol–water partition coefficient (Wildman–Crippen LogP) is 1.48. The quantitative estimate of drug-likeness (QED) is 0.855. The number of nitrogens with one attached hydrogen (secondary N) is 1. The van der Waals surface area contributed by atoms with E-state index >= 15 is 0 Å². The van der Waals surface area contributed by atoms with E-state index in [0.717, 1.165) is 0 Å². The maximum absolute atomic E-state index is 11.3. The first-order valence-corrected chi connectivity index (χ1v) is 5.65. The van der Waals surface area contributed by atoms with Crippen LogP contribution in [0.4, 0.5) is 6.01 Å². The average molecular weight is 248 g/mol. The molecule has 1 aliphatic heterocycles. The molecule has 0 bridgehead atoms. The van der Waals surface area contributed by atoms with E-state index in [4.69, 9.17) is 9.15 Å². The molecule has 3 rings (SSSR count). The number of carbonyl (C=O) groups is 1. The molecule has 0 aliphatic carbocycles.